The minimum absolute atomic E-state index is 0.330. The van der Waals surface area contributed by atoms with Gasteiger partial charge in [0.2, 0.25) is 0 Å². The highest BCUT2D eigenvalue weighted by molar-refractivity contribution is 5.97. The highest BCUT2D eigenvalue weighted by Crippen LogP contribution is 2.24. The lowest BCUT2D eigenvalue weighted by Crippen LogP contribution is -2.29. The first-order valence-electron chi connectivity index (χ1n) is 7.32. The van der Waals surface area contributed by atoms with E-state index >= 15 is 0 Å². The van der Waals surface area contributed by atoms with E-state index in [0.29, 0.717) is 23.7 Å². The lowest BCUT2D eigenvalue weighted by Gasteiger charge is -2.24. The number of esters is 1. The van der Waals surface area contributed by atoms with E-state index in [1.807, 2.05) is 21.0 Å². The van der Waals surface area contributed by atoms with Gasteiger partial charge >= 0.3 is 5.97 Å². The van der Waals surface area contributed by atoms with Crippen molar-refractivity contribution in [3.63, 3.8) is 0 Å². The average molecular weight is 294 g/mol. The predicted molar refractivity (Wildman–Crippen MR) is 85.7 cm³/mol. The molecule has 0 unspecified atom stereocenters. The molecule has 0 radical (unpaired) electrons. The minimum Gasteiger partial charge on any atom is -0.462 e. The summed E-state index contributed by atoms with van der Waals surface area (Å²) in [5.74, 6) is 0.254. The van der Waals surface area contributed by atoms with E-state index < -0.39 is 5.97 Å². The Morgan fingerprint density at radius 1 is 1.33 bits per heavy atom. The molecule has 0 aromatic carbocycles. The highest BCUT2D eigenvalue weighted by Gasteiger charge is 2.17. The van der Waals surface area contributed by atoms with Gasteiger partial charge in [-0.15, -0.1) is 0 Å². The van der Waals surface area contributed by atoms with Crippen LogP contribution >= 0.6 is 0 Å². The number of ether oxygens (including phenoxy) is 1. The Morgan fingerprint density at radius 3 is 2.62 bits per heavy atom. The molecule has 6 nitrogen and oxygen atoms in total. The van der Waals surface area contributed by atoms with E-state index in [0.717, 1.165) is 26.1 Å². The quantitative estimate of drug-likeness (QED) is 0.735. The zero-order valence-electron chi connectivity index (χ0n) is 13.4. The van der Waals surface area contributed by atoms with Gasteiger partial charge in [0, 0.05) is 19.3 Å². The number of carbonyl (C=O) groups excluding carboxylic acids is 1. The second-order valence-electron chi connectivity index (χ2n) is 5.05. The van der Waals surface area contributed by atoms with E-state index in [-0.39, 0.29) is 0 Å². The fourth-order valence-electron chi connectivity index (χ4n) is 2.09. The van der Waals surface area contributed by atoms with Crippen LogP contribution in [0.1, 0.15) is 30.6 Å². The van der Waals surface area contributed by atoms with Crippen molar-refractivity contribution in [1.29, 1.82) is 0 Å². The van der Waals surface area contributed by atoms with Gasteiger partial charge in [-0.3, -0.25) is 0 Å². The normalized spacial score (nSPS) is 10.7. The number of carbonyl (C=O) groups is 1. The molecule has 6 heteroatoms. The van der Waals surface area contributed by atoms with Crippen LogP contribution in [0.2, 0.25) is 0 Å². The molecular formula is C15H26N4O2. The average Bonchev–Trinajstić information content (AvgIpc) is 2.44. The monoisotopic (exact) mass is 294 g/mol. The maximum absolute atomic E-state index is 11.9. The van der Waals surface area contributed by atoms with Crippen LogP contribution in [-0.2, 0) is 4.74 Å². The largest absolute Gasteiger partial charge is 0.462 e. The molecule has 0 aliphatic rings. The topological polar surface area (TPSA) is 71.7 Å². The van der Waals surface area contributed by atoms with E-state index in [9.17, 15) is 4.79 Å². The standard InChI is InChI=1S/C15H26N4O2/c1-5-19(11-7-10-18(3)4)14-13(16)12(8-9-17-14)15(20)21-6-2/h8-9H,5-7,10-11,16H2,1-4H3. The maximum Gasteiger partial charge on any atom is 0.340 e. The third-order valence-corrected chi connectivity index (χ3v) is 3.18. The Kier molecular flexibility index (Phi) is 6.94. The van der Waals surface area contributed by atoms with Gasteiger partial charge in [0.05, 0.1) is 17.9 Å². The fourth-order valence-corrected chi connectivity index (χ4v) is 2.09. The first kappa shape index (κ1) is 17.2. The molecule has 1 heterocycles. The van der Waals surface area contributed by atoms with Crippen molar-refractivity contribution in [3.05, 3.63) is 17.8 Å². The van der Waals surface area contributed by atoms with Gasteiger partial charge in [0.15, 0.2) is 5.82 Å². The summed E-state index contributed by atoms with van der Waals surface area (Å²) in [6, 6.07) is 1.60. The van der Waals surface area contributed by atoms with Crippen LogP contribution in [0.25, 0.3) is 0 Å². The molecule has 1 aromatic heterocycles. The highest BCUT2D eigenvalue weighted by atomic mass is 16.5. The molecule has 0 amide bonds. The van der Waals surface area contributed by atoms with Crippen molar-refractivity contribution in [3.8, 4) is 0 Å². The van der Waals surface area contributed by atoms with Crippen molar-refractivity contribution < 1.29 is 9.53 Å². The van der Waals surface area contributed by atoms with Gasteiger partial charge in [-0.1, -0.05) is 0 Å². The van der Waals surface area contributed by atoms with Gasteiger partial charge in [-0.25, -0.2) is 9.78 Å². The summed E-state index contributed by atoms with van der Waals surface area (Å²) in [5.41, 5.74) is 6.88. The lowest BCUT2D eigenvalue weighted by atomic mass is 10.2. The Bertz CT molecular complexity index is 463. The minimum atomic E-state index is -0.400. The van der Waals surface area contributed by atoms with Gasteiger partial charge < -0.3 is 20.3 Å². The second-order valence-corrected chi connectivity index (χ2v) is 5.05. The number of rotatable bonds is 8. The number of anilines is 2. The number of nitrogens with zero attached hydrogens (tertiary/aromatic N) is 3. The van der Waals surface area contributed by atoms with Crippen LogP contribution in [0.4, 0.5) is 11.5 Å². The van der Waals surface area contributed by atoms with Crippen molar-refractivity contribution in [2.45, 2.75) is 20.3 Å². The van der Waals surface area contributed by atoms with Gasteiger partial charge in [0.25, 0.3) is 0 Å². The molecule has 0 aliphatic carbocycles. The first-order valence-corrected chi connectivity index (χ1v) is 7.32. The van der Waals surface area contributed by atoms with Crippen LogP contribution < -0.4 is 10.6 Å². The summed E-state index contributed by atoms with van der Waals surface area (Å²) >= 11 is 0. The second kappa shape index (κ2) is 8.46. The van der Waals surface area contributed by atoms with Crippen LogP contribution in [0.5, 0.6) is 0 Å². The number of hydrogen-bond acceptors (Lipinski definition) is 6. The van der Waals surface area contributed by atoms with Gasteiger partial charge in [-0.05, 0) is 47.0 Å². The zero-order valence-corrected chi connectivity index (χ0v) is 13.4. The number of pyridine rings is 1. The molecular weight excluding hydrogens is 268 g/mol. The van der Waals surface area contributed by atoms with Crippen molar-refractivity contribution in [2.24, 2.45) is 0 Å². The van der Waals surface area contributed by atoms with Crippen LogP contribution in [-0.4, -0.2) is 56.2 Å². The summed E-state index contributed by atoms with van der Waals surface area (Å²) in [5, 5.41) is 0. The SMILES string of the molecule is CCOC(=O)c1ccnc(N(CC)CCCN(C)C)c1N. The summed E-state index contributed by atoms with van der Waals surface area (Å²) in [7, 11) is 4.09. The first-order chi connectivity index (χ1) is 10.0. The molecule has 0 fully saturated rings. The van der Waals surface area contributed by atoms with Crippen LogP contribution in [0.15, 0.2) is 12.3 Å². The third kappa shape index (κ3) is 4.90. The molecule has 0 bridgehead atoms. The molecule has 1 aromatic rings. The van der Waals surface area contributed by atoms with Gasteiger partial charge in [-0.2, -0.15) is 0 Å². The summed E-state index contributed by atoms with van der Waals surface area (Å²) in [6.45, 7) is 6.78. The number of hydrogen-bond donors (Lipinski definition) is 1. The molecule has 0 spiro atoms. The maximum atomic E-state index is 11.9. The molecule has 0 atom stereocenters. The molecule has 1 rings (SSSR count). The Hall–Kier alpha value is -1.82. The van der Waals surface area contributed by atoms with E-state index in [4.69, 9.17) is 10.5 Å². The molecule has 118 valence electrons. The summed E-state index contributed by atoms with van der Waals surface area (Å²) in [6.07, 6.45) is 2.61. The Morgan fingerprint density at radius 2 is 2.05 bits per heavy atom. The smallest absolute Gasteiger partial charge is 0.340 e. The molecule has 0 saturated heterocycles. The predicted octanol–water partition coefficient (Wildman–Crippen LogP) is 1.62. The van der Waals surface area contributed by atoms with Crippen molar-refractivity contribution in [1.82, 2.24) is 9.88 Å². The molecule has 2 N–H and O–H groups in total. The molecule has 0 saturated carbocycles. The van der Waals surface area contributed by atoms with E-state index in [1.165, 1.54) is 0 Å². The number of nitrogen functional groups attached to an aromatic ring is 1. The fraction of sp³-hybridized carbons (Fsp3) is 0.600. The van der Waals surface area contributed by atoms with Crippen molar-refractivity contribution in [2.75, 3.05) is 51.0 Å². The molecule has 0 aliphatic heterocycles. The van der Waals surface area contributed by atoms with Crippen LogP contribution in [0, 0.1) is 0 Å². The van der Waals surface area contributed by atoms with Gasteiger partial charge in [0.1, 0.15) is 0 Å². The van der Waals surface area contributed by atoms with E-state index in [1.54, 1.807) is 19.2 Å². The number of nitrogens with two attached hydrogens (primary N) is 1. The summed E-state index contributed by atoms with van der Waals surface area (Å²) in [4.78, 5) is 20.4. The molecule has 21 heavy (non-hydrogen) atoms. The van der Waals surface area contributed by atoms with Crippen LogP contribution in [0.3, 0.4) is 0 Å². The zero-order chi connectivity index (χ0) is 15.8. The third-order valence-electron chi connectivity index (χ3n) is 3.18. The Balaban J connectivity index is 2.89. The summed E-state index contributed by atoms with van der Waals surface area (Å²) < 4.78 is 5.02. The number of aromatic nitrogens is 1. The Labute approximate surface area is 126 Å². The lowest BCUT2D eigenvalue weighted by molar-refractivity contribution is 0.0527. The van der Waals surface area contributed by atoms with E-state index in [2.05, 4.69) is 14.8 Å². The van der Waals surface area contributed by atoms with Crippen molar-refractivity contribution >= 4 is 17.5 Å².